The molecule has 3 nitrogen and oxygen atoms in total. The summed E-state index contributed by atoms with van der Waals surface area (Å²) in [7, 11) is 3.54. The van der Waals surface area contributed by atoms with Crippen molar-refractivity contribution < 1.29 is 5.11 Å². The van der Waals surface area contributed by atoms with E-state index >= 15 is 0 Å². The van der Waals surface area contributed by atoms with Gasteiger partial charge < -0.3 is 5.11 Å². The minimum absolute atomic E-state index is 0.0782. The van der Waals surface area contributed by atoms with E-state index in [-0.39, 0.29) is 11.4 Å². The molecule has 0 bridgehead atoms. The van der Waals surface area contributed by atoms with E-state index in [4.69, 9.17) is 0 Å². The third-order valence-electron chi connectivity index (χ3n) is 3.42. The van der Waals surface area contributed by atoms with Crippen LogP contribution < -0.4 is 0 Å². The molecule has 1 saturated carbocycles. The Morgan fingerprint density at radius 3 is 2.94 bits per heavy atom. The van der Waals surface area contributed by atoms with Crippen LogP contribution in [0.5, 0.6) is 0 Å². The van der Waals surface area contributed by atoms with Crippen LogP contribution in [0.3, 0.4) is 0 Å². The summed E-state index contributed by atoms with van der Waals surface area (Å²) in [5, 5.41) is 19.0. The first-order valence-corrected chi connectivity index (χ1v) is 8.46. The van der Waals surface area contributed by atoms with E-state index < -0.39 is 0 Å². The molecule has 0 aromatic carbocycles. The van der Waals surface area contributed by atoms with Crippen molar-refractivity contribution in [1.29, 1.82) is 0 Å². The molecule has 17 heavy (non-hydrogen) atoms. The number of nitrogens with zero attached hydrogens (tertiary/aromatic N) is 2. The van der Waals surface area contributed by atoms with Gasteiger partial charge >= 0.3 is 0 Å². The van der Waals surface area contributed by atoms with Crippen LogP contribution in [0.1, 0.15) is 45.4 Å². The quantitative estimate of drug-likeness (QED) is 0.800. The number of rotatable bonds is 3. The van der Waals surface area contributed by atoms with Crippen molar-refractivity contribution in [3.8, 4) is 0 Å². The summed E-state index contributed by atoms with van der Waals surface area (Å²) in [5.41, 5.74) is 0. The van der Waals surface area contributed by atoms with Crippen LogP contribution in [0.4, 0.5) is 0 Å². The molecule has 1 aliphatic carbocycles. The summed E-state index contributed by atoms with van der Waals surface area (Å²) in [6, 6.07) is 0. The van der Waals surface area contributed by atoms with Crippen molar-refractivity contribution in [2.24, 2.45) is 16.1 Å². The first-order valence-electron chi connectivity index (χ1n) is 6.31. The van der Waals surface area contributed by atoms with Gasteiger partial charge in [-0.1, -0.05) is 30.6 Å². The zero-order chi connectivity index (χ0) is 12.1. The Labute approximate surface area is 111 Å². The lowest BCUT2D eigenvalue weighted by Crippen LogP contribution is -2.24. The third-order valence-corrected chi connectivity index (χ3v) is 6.76. The van der Waals surface area contributed by atoms with Crippen molar-refractivity contribution in [1.82, 2.24) is 0 Å². The fraction of sp³-hybridized carbons (Fsp3) is 0.833. The van der Waals surface area contributed by atoms with Crippen LogP contribution in [-0.4, -0.2) is 27.7 Å². The molecule has 0 aromatic heterocycles. The summed E-state index contributed by atoms with van der Waals surface area (Å²) >= 11 is 0. The highest BCUT2D eigenvalue weighted by molar-refractivity contribution is 8.82. The van der Waals surface area contributed by atoms with Crippen LogP contribution >= 0.6 is 21.6 Å². The largest absolute Gasteiger partial charge is 0.395 e. The zero-order valence-electron chi connectivity index (χ0n) is 10.3. The van der Waals surface area contributed by atoms with Gasteiger partial charge in [0.15, 0.2) is 0 Å². The lowest BCUT2D eigenvalue weighted by atomic mass is 10.1. The standard InChI is InChI=1S/C12H20N2OS2/c1-10-4-5-11(14-13-8-10)16-17-12(9-15)6-2-3-7-12/h8,10,15H,2-7,9H2,1H3. The number of aliphatic hydroxyl groups excluding tert-OH is 1. The lowest BCUT2D eigenvalue weighted by Gasteiger charge is -2.24. The SMILES string of the molecule is CC1C=NN=C(SSC2(CO)CCCC2)CC1. The van der Waals surface area contributed by atoms with Crippen molar-refractivity contribution >= 4 is 32.8 Å². The number of hydrogen-bond acceptors (Lipinski definition) is 5. The molecular formula is C12H20N2OS2. The molecule has 2 aliphatic rings. The van der Waals surface area contributed by atoms with Gasteiger partial charge in [0.1, 0.15) is 5.04 Å². The maximum atomic E-state index is 9.54. The van der Waals surface area contributed by atoms with E-state index in [2.05, 4.69) is 17.1 Å². The minimum atomic E-state index is 0.0782. The van der Waals surface area contributed by atoms with E-state index in [9.17, 15) is 5.11 Å². The highest BCUT2D eigenvalue weighted by Gasteiger charge is 2.34. The molecule has 0 saturated heterocycles. The van der Waals surface area contributed by atoms with Crippen molar-refractivity contribution in [2.75, 3.05) is 6.61 Å². The van der Waals surface area contributed by atoms with Gasteiger partial charge in [0.2, 0.25) is 0 Å². The fourth-order valence-electron chi connectivity index (χ4n) is 2.17. The smallest absolute Gasteiger partial charge is 0.106 e. The molecule has 0 spiro atoms. The maximum absolute atomic E-state index is 9.54. The second kappa shape index (κ2) is 6.25. The second-order valence-electron chi connectivity index (χ2n) is 4.99. The van der Waals surface area contributed by atoms with Gasteiger partial charge in [-0.15, -0.1) is 5.10 Å². The lowest BCUT2D eigenvalue weighted by molar-refractivity contribution is 0.250. The molecule has 1 atom stereocenters. The number of aliphatic hydroxyl groups is 1. The predicted molar refractivity (Wildman–Crippen MR) is 77.8 cm³/mol. The molecule has 0 radical (unpaired) electrons. The van der Waals surface area contributed by atoms with Crippen molar-refractivity contribution in [3.05, 3.63) is 0 Å². The Kier molecular flexibility index (Phi) is 4.94. The van der Waals surface area contributed by atoms with E-state index in [0.29, 0.717) is 5.92 Å². The van der Waals surface area contributed by atoms with E-state index in [1.807, 2.05) is 17.0 Å². The maximum Gasteiger partial charge on any atom is 0.106 e. The Balaban J connectivity index is 1.85. The topological polar surface area (TPSA) is 45.0 Å². The molecule has 0 aromatic rings. The van der Waals surface area contributed by atoms with Gasteiger partial charge in [0.05, 0.1) is 6.61 Å². The van der Waals surface area contributed by atoms with Crippen molar-refractivity contribution in [2.45, 2.75) is 50.2 Å². The Bertz CT molecular complexity index is 312. The van der Waals surface area contributed by atoms with Crippen LogP contribution in [0.2, 0.25) is 0 Å². The molecule has 2 rings (SSSR count). The van der Waals surface area contributed by atoms with Crippen LogP contribution in [0.15, 0.2) is 10.2 Å². The Morgan fingerprint density at radius 2 is 2.24 bits per heavy atom. The average molecular weight is 272 g/mol. The first-order chi connectivity index (χ1) is 8.24. The first kappa shape index (κ1) is 13.4. The minimum Gasteiger partial charge on any atom is -0.395 e. The molecule has 1 heterocycles. The average Bonchev–Trinajstić information content (AvgIpc) is 2.72. The van der Waals surface area contributed by atoms with E-state index in [1.54, 1.807) is 10.8 Å². The normalized spacial score (nSPS) is 27.9. The summed E-state index contributed by atoms with van der Waals surface area (Å²) in [6.45, 7) is 2.46. The molecule has 5 heteroatoms. The van der Waals surface area contributed by atoms with Crippen molar-refractivity contribution in [3.63, 3.8) is 0 Å². The highest BCUT2D eigenvalue weighted by Crippen LogP contribution is 2.47. The van der Waals surface area contributed by atoms with E-state index in [1.165, 1.54) is 12.8 Å². The van der Waals surface area contributed by atoms with Crippen LogP contribution in [0.25, 0.3) is 0 Å². The molecular weight excluding hydrogens is 252 g/mol. The Morgan fingerprint density at radius 1 is 1.47 bits per heavy atom. The predicted octanol–water partition coefficient (Wildman–Crippen LogP) is 3.49. The number of hydrogen-bond donors (Lipinski definition) is 1. The van der Waals surface area contributed by atoms with Gasteiger partial charge in [-0.05, 0) is 42.4 Å². The summed E-state index contributed by atoms with van der Waals surface area (Å²) in [4.78, 5) is 0. The summed E-state index contributed by atoms with van der Waals surface area (Å²) < 4.78 is 0.0782. The molecule has 0 amide bonds. The molecule has 1 unspecified atom stereocenters. The van der Waals surface area contributed by atoms with Crippen LogP contribution in [-0.2, 0) is 0 Å². The molecule has 1 N–H and O–H groups in total. The van der Waals surface area contributed by atoms with Crippen LogP contribution in [0, 0.1) is 5.92 Å². The second-order valence-corrected chi connectivity index (χ2v) is 7.66. The zero-order valence-corrected chi connectivity index (χ0v) is 11.9. The molecule has 1 aliphatic heterocycles. The highest BCUT2D eigenvalue weighted by atomic mass is 33.1. The molecule has 96 valence electrons. The van der Waals surface area contributed by atoms with Gasteiger partial charge in [0.25, 0.3) is 0 Å². The summed E-state index contributed by atoms with van der Waals surface area (Å²) in [6.07, 6.45) is 8.83. The summed E-state index contributed by atoms with van der Waals surface area (Å²) in [5.74, 6) is 0.528. The van der Waals surface area contributed by atoms with Gasteiger partial charge in [-0.25, -0.2) is 0 Å². The van der Waals surface area contributed by atoms with Gasteiger partial charge in [-0.3, -0.25) is 0 Å². The molecule has 1 fully saturated rings. The van der Waals surface area contributed by atoms with Gasteiger partial charge in [-0.2, -0.15) is 5.10 Å². The monoisotopic (exact) mass is 272 g/mol. The van der Waals surface area contributed by atoms with Gasteiger partial charge in [0, 0.05) is 11.0 Å². The third kappa shape index (κ3) is 3.73. The Hall–Kier alpha value is -0.0000000000000000763. The fourth-order valence-corrected chi connectivity index (χ4v) is 5.06. The van der Waals surface area contributed by atoms with E-state index in [0.717, 1.165) is 30.7 Å².